The van der Waals surface area contributed by atoms with Crippen molar-refractivity contribution in [3.63, 3.8) is 0 Å². The predicted molar refractivity (Wildman–Crippen MR) is 43.2 cm³/mol. The first-order valence-electron chi connectivity index (χ1n) is 4.07. The Morgan fingerprint density at radius 3 is 2.64 bits per heavy atom. The molecule has 2 nitrogen and oxygen atoms in total. The average molecular weight is 154 g/mol. The van der Waals surface area contributed by atoms with Gasteiger partial charge in [0.2, 0.25) is 0 Å². The summed E-state index contributed by atoms with van der Waals surface area (Å²) in [7, 11) is 0. The molecule has 0 aromatic carbocycles. The first kappa shape index (κ1) is 8.47. The largest absolute Gasteiger partial charge is 0.392 e. The summed E-state index contributed by atoms with van der Waals surface area (Å²) in [6.45, 7) is 3.62. The monoisotopic (exact) mass is 154 g/mol. The van der Waals surface area contributed by atoms with E-state index in [9.17, 15) is 9.90 Å². The van der Waals surface area contributed by atoms with Crippen LogP contribution in [0.2, 0.25) is 0 Å². The lowest BCUT2D eigenvalue weighted by atomic mass is 9.82. The number of hydrogen-bond acceptors (Lipinski definition) is 2. The Labute approximate surface area is 66.9 Å². The average Bonchev–Trinajstić information content (AvgIpc) is 2.04. The van der Waals surface area contributed by atoms with Crippen molar-refractivity contribution in [2.45, 2.75) is 31.8 Å². The minimum absolute atomic E-state index is 0.0289. The quantitative estimate of drug-likeness (QED) is 0.480. The summed E-state index contributed by atoms with van der Waals surface area (Å²) in [5.41, 5.74) is 0.553. The fourth-order valence-corrected chi connectivity index (χ4v) is 1.63. The number of rotatable bonds is 2. The van der Waals surface area contributed by atoms with Crippen molar-refractivity contribution in [3.05, 3.63) is 12.2 Å². The van der Waals surface area contributed by atoms with E-state index in [4.69, 9.17) is 0 Å². The SMILES string of the molecule is C=C(C=O)[C@H]1CCCC[C@@H]1O. The molecule has 1 aliphatic carbocycles. The highest BCUT2D eigenvalue weighted by Gasteiger charge is 2.24. The van der Waals surface area contributed by atoms with Gasteiger partial charge in [0.15, 0.2) is 0 Å². The molecule has 0 radical (unpaired) electrons. The maximum Gasteiger partial charge on any atom is 0.145 e. The zero-order valence-electron chi connectivity index (χ0n) is 6.62. The van der Waals surface area contributed by atoms with Crippen LogP contribution in [-0.4, -0.2) is 17.5 Å². The molecule has 1 N–H and O–H groups in total. The summed E-state index contributed by atoms with van der Waals surface area (Å²) >= 11 is 0. The summed E-state index contributed by atoms with van der Waals surface area (Å²) < 4.78 is 0. The van der Waals surface area contributed by atoms with Crippen molar-refractivity contribution in [3.8, 4) is 0 Å². The van der Waals surface area contributed by atoms with E-state index in [2.05, 4.69) is 6.58 Å². The van der Waals surface area contributed by atoms with Gasteiger partial charge in [-0.25, -0.2) is 0 Å². The highest BCUT2D eigenvalue weighted by Crippen LogP contribution is 2.28. The minimum Gasteiger partial charge on any atom is -0.392 e. The molecular weight excluding hydrogens is 140 g/mol. The molecule has 0 amide bonds. The molecule has 0 bridgehead atoms. The van der Waals surface area contributed by atoms with E-state index in [1.54, 1.807) is 0 Å². The summed E-state index contributed by atoms with van der Waals surface area (Å²) in [5, 5.41) is 9.45. The second-order valence-electron chi connectivity index (χ2n) is 3.15. The molecule has 0 aliphatic heterocycles. The molecule has 0 saturated heterocycles. The summed E-state index contributed by atoms with van der Waals surface area (Å²) in [6, 6.07) is 0. The Morgan fingerprint density at radius 1 is 1.45 bits per heavy atom. The first-order valence-corrected chi connectivity index (χ1v) is 4.07. The minimum atomic E-state index is -0.332. The van der Waals surface area contributed by atoms with Crippen LogP contribution in [0.15, 0.2) is 12.2 Å². The predicted octanol–water partition coefficient (Wildman–Crippen LogP) is 1.29. The van der Waals surface area contributed by atoms with Gasteiger partial charge in [0.1, 0.15) is 6.29 Å². The molecule has 11 heavy (non-hydrogen) atoms. The lowest BCUT2D eigenvalue weighted by Crippen LogP contribution is -2.26. The fraction of sp³-hybridized carbons (Fsp3) is 0.667. The lowest BCUT2D eigenvalue weighted by molar-refractivity contribution is -0.105. The smallest absolute Gasteiger partial charge is 0.145 e. The van der Waals surface area contributed by atoms with Crippen LogP contribution in [0.1, 0.15) is 25.7 Å². The van der Waals surface area contributed by atoms with Crippen molar-refractivity contribution in [1.29, 1.82) is 0 Å². The Bertz CT molecular complexity index is 163. The molecule has 0 aromatic heterocycles. The Balaban J connectivity index is 2.53. The molecule has 2 heteroatoms. The number of aliphatic hydroxyl groups is 1. The van der Waals surface area contributed by atoms with Gasteiger partial charge in [0, 0.05) is 5.92 Å². The number of aldehydes is 1. The van der Waals surface area contributed by atoms with E-state index >= 15 is 0 Å². The van der Waals surface area contributed by atoms with Gasteiger partial charge in [-0.05, 0) is 18.4 Å². The highest BCUT2D eigenvalue weighted by molar-refractivity contribution is 5.73. The molecule has 1 aliphatic rings. The van der Waals surface area contributed by atoms with Gasteiger partial charge in [-0.2, -0.15) is 0 Å². The van der Waals surface area contributed by atoms with E-state index in [0.717, 1.165) is 32.0 Å². The zero-order valence-corrected chi connectivity index (χ0v) is 6.62. The zero-order chi connectivity index (χ0) is 8.27. The molecule has 1 rings (SSSR count). The first-order chi connectivity index (χ1) is 5.25. The summed E-state index contributed by atoms with van der Waals surface area (Å²) in [4.78, 5) is 10.3. The Hall–Kier alpha value is -0.630. The van der Waals surface area contributed by atoms with Crippen molar-refractivity contribution >= 4 is 6.29 Å². The van der Waals surface area contributed by atoms with Crippen LogP contribution >= 0.6 is 0 Å². The van der Waals surface area contributed by atoms with Gasteiger partial charge in [-0.15, -0.1) is 0 Å². The van der Waals surface area contributed by atoms with E-state index in [0.29, 0.717) is 5.57 Å². The van der Waals surface area contributed by atoms with Crippen LogP contribution in [0.3, 0.4) is 0 Å². The van der Waals surface area contributed by atoms with Crippen LogP contribution in [0.25, 0.3) is 0 Å². The Kier molecular flexibility index (Phi) is 2.83. The van der Waals surface area contributed by atoms with Crippen LogP contribution in [-0.2, 0) is 4.79 Å². The van der Waals surface area contributed by atoms with Crippen molar-refractivity contribution in [2.24, 2.45) is 5.92 Å². The number of hydrogen-bond donors (Lipinski definition) is 1. The van der Waals surface area contributed by atoms with Gasteiger partial charge in [-0.1, -0.05) is 19.4 Å². The Morgan fingerprint density at radius 2 is 2.09 bits per heavy atom. The molecule has 1 saturated carbocycles. The van der Waals surface area contributed by atoms with Gasteiger partial charge in [0.25, 0.3) is 0 Å². The summed E-state index contributed by atoms with van der Waals surface area (Å²) in [6.07, 6.45) is 4.34. The highest BCUT2D eigenvalue weighted by atomic mass is 16.3. The maximum atomic E-state index is 10.3. The normalized spacial score (nSPS) is 31.4. The third-order valence-electron chi connectivity index (χ3n) is 2.36. The molecule has 2 atom stereocenters. The standard InChI is InChI=1S/C9H14O2/c1-7(6-10)8-4-2-3-5-9(8)11/h6,8-9,11H,1-5H2/t8-,9+/m1/s1. The third-order valence-corrected chi connectivity index (χ3v) is 2.36. The van der Waals surface area contributed by atoms with E-state index < -0.39 is 0 Å². The second-order valence-corrected chi connectivity index (χ2v) is 3.15. The molecule has 0 spiro atoms. The van der Waals surface area contributed by atoms with Gasteiger partial charge in [-0.3, -0.25) is 4.79 Å². The number of carbonyl (C=O) groups excluding carboxylic acids is 1. The molecule has 0 heterocycles. The molecule has 1 fully saturated rings. The van der Waals surface area contributed by atoms with Crippen LogP contribution in [0.4, 0.5) is 0 Å². The number of aliphatic hydroxyl groups excluding tert-OH is 1. The molecular formula is C9H14O2. The topological polar surface area (TPSA) is 37.3 Å². The maximum absolute atomic E-state index is 10.3. The third kappa shape index (κ3) is 1.90. The fourth-order valence-electron chi connectivity index (χ4n) is 1.63. The summed E-state index contributed by atoms with van der Waals surface area (Å²) in [5.74, 6) is 0.0289. The molecule has 0 unspecified atom stereocenters. The number of carbonyl (C=O) groups is 1. The van der Waals surface area contributed by atoms with E-state index in [-0.39, 0.29) is 12.0 Å². The van der Waals surface area contributed by atoms with Gasteiger partial charge in [0.05, 0.1) is 6.10 Å². The van der Waals surface area contributed by atoms with E-state index in [1.807, 2.05) is 0 Å². The van der Waals surface area contributed by atoms with Crippen molar-refractivity contribution < 1.29 is 9.90 Å². The van der Waals surface area contributed by atoms with Crippen LogP contribution in [0.5, 0.6) is 0 Å². The van der Waals surface area contributed by atoms with Crippen LogP contribution < -0.4 is 0 Å². The molecule has 0 aromatic rings. The lowest BCUT2D eigenvalue weighted by Gasteiger charge is -2.26. The van der Waals surface area contributed by atoms with Crippen LogP contribution in [0, 0.1) is 5.92 Å². The second kappa shape index (κ2) is 3.67. The van der Waals surface area contributed by atoms with E-state index in [1.165, 1.54) is 0 Å². The van der Waals surface area contributed by atoms with Crippen molar-refractivity contribution in [2.75, 3.05) is 0 Å². The van der Waals surface area contributed by atoms with Gasteiger partial charge >= 0.3 is 0 Å². The molecule has 62 valence electrons. The van der Waals surface area contributed by atoms with Crippen molar-refractivity contribution in [1.82, 2.24) is 0 Å². The van der Waals surface area contributed by atoms with Gasteiger partial charge < -0.3 is 5.11 Å².